The Morgan fingerprint density at radius 1 is 0.857 bits per heavy atom. The molecule has 3 rings (SSSR count). The van der Waals surface area contributed by atoms with Crippen LogP contribution in [0.5, 0.6) is 0 Å². The number of piperazine rings is 1. The van der Waals surface area contributed by atoms with Crippen molar-refractivity contribution in [2.24, 2.45) is 0 Å². The van der Waals surface area contributed by atoms with Gasteiger partial charge in [-0.3, -0.25) is 19.4 Å². The van der Waals surface area contributed by atoms with E-state index >= 15 is 0 Å². The maximum atomic E-state index is 12.4. The van der Waals surface area contributed by atoms with Crippen LogP contribution in [0.3, 0.4) is 0 Å². The van der Waals surface area contributed by atoms with Crippen molar-refractivity contribution in [2.75, 3.05) is 58.9 Å². The molecule has 1 N–H and O–H groups in total. The fourth-order valence-corrected chi connectivity index (χ4v) is 3.92. The number of benzene rings is 1. The fraction of sp³-hybridized carbons (Fsp3) is 0.619. The number of hydrogen-bond acceptors (Lipinski definition) is 4. The third-order valence-corrected chi connectivity index (χ3v) is 5.80. The Morgan fingerprint density at radius 2 is 1.46 bits per heavy atom. The molecule has 1 aromatic rings. The van der Waals surface area contributed by atoms with Crippen molar-refractivity contribution in [1.29, 1.82) is 0 Å². The Morgan fingerprint density at radius 3 is 2.11 bits per heavy atom. The molecule has 154 valence electrons. The largest absolute Gasteiger partial charge is 0.355 e. The van der Waals surface area contributed by atoms with E-state index in [-0.39, 0.29) is 11.8 Å². The number of nitrogens with zero attached hydrogens (tertiary/aromatic N) is 3. The molecule has 0 atom stereocenters. The van der Waals surface area contributed by atoms with E-state index in [9.17, 15) is 9.59 Å². The third kappa shape index (κ3) is 6.76. The van der Waals surface area contributed by atoms with Gasteiger partial charge >= 0.3 is 0 Å². The summed E-state index contributed by atoms with van der Waals surface area (Å²) in [7, 11) is 0. The number of carbonyl (C=O) groups excluding carboxylic acids is 2. The minimum Gasteiger partial charge on any atom is -0.355 e. The van der Waals surface area contributed by atoms with Gasteiger partial charge in [0.1, 0.15) is 0 Å². The minimum atomic E-state index is 0.0619. The molecule has 6 nitrogen and oxygen atoms in total. The van der Waals surface area contributed by atoms with E-state index in [2.05, 4.69) is 15.1 Å². The molecule has 0 bridgehead atoms. The predicted molar refractivity (Wildman–Crippen MR) is 111 cm³/mol. The van der Waals surface area contributed by atoms with Crippen molar-refractivity contribution >= 4 is 23.4 Å². The van der Waals surface area contributed by atoms with Gasteiger partial charge in [0.25, 0.3) is 0 Å². The summed E-state index contributed by atoms with van der Waals surface area (Å²) in [6.07, 6.45) is 4.30. The summed E-state index contributed by atoms with van der Waals surface area (Å²) in [5, 5.41) is 3.72. The molecule has 2 aliphatic heterocycles. The number of piperidine rings is 1. The van der Waals surface area contributed by atoms with Gasteiger partial charge in [-0.05, 0) is 43.4 Å². The Kier molecular flexibility index (Phi) is 8.13. The third-order valence-electron chi connectivity index (χ3n) is 5.55. The van der Waals surface area contributed by atoms with Gasteiger partial charge in [-0.25, -0.2) is 0 Å². The lowest BCUT2D eigenvalue weighted by molar-refractivity contribution is -0.134. The van der Waals surface area contributed by atoms with Gasteiger partial charge < -0.3 is 10.2 Å². The van der Waals surface area contributed by atoms with Crippen LogP contribution in [0.2, 0.25) is 5.02 Å². The highest BCUT2D eigenvalue weighted by Crippen LogP contribution is 2.11. The summed E-state index contributed by atoms with van der Waals surface area (Å²) in [5.41, 5.74) is 1.16. The summed E-state index contributed by atoms with van der Waals surface area (Å²) in [6, 6.07) is 7.71. The van der Waals surface area contributed by atoms with Gasteiger partial charge in [0.05, 0.1) is 13.1 Å². The molecule has 0 aromatic heterocycles. The van der Waals surface area contributed by atoms with Crippen LogP contribution in [0.25, 0.3) is 0 Å². The van der Waals surface area contributed by atoms with Crippen molar-refractivity contribution in [3.8, 4) is 0 Å². The van der Waals surface area contributed by atoms with Gasteiger partial charge in [0, 0.05) is 50.8 Å². The van der Waals surface area contributed by atoms with Crippen molar-refractivity contribution in [3.63, 3.8) is 0 Å². The standard InChI is InChI=1S/C21H31ClN4O2/c22-19-6-4-18(5-7-19)8-9-23-20(27)16-24-12-14-25(15-13-24)17-21(28)26-10-2-1-3-11-26/h4-7H,1-3,8-17H2,(H,23,27). The minimum absolute atomic E-state index is 0.0619. The maximum absolute atomic E-state index is 12.4. The highest BCUT2D eigenvalue weighted by atomic mass is 35.5. The molecular weight excluding hydrogens is 376 g/mol. The molecule has 0 unspecified atom stereocenters. The zero-order chi connectivity index (χ0) is 19.8. The monoisotopic (exact) mass is 406 g/mol. The number of carbonyl (C=O) groups is 2. The average Bonchev–Trinajstić information content (AvgIpc) is 2.71. The lowest BCUT2D eigenvalue weighted by Gasteiger charge is -2.35. The van der Waals surface area contributed by atoms with Crippen LogP contribution in [-0.4, -0.2) is 85.4 Å². The molecular formula is C21H31ClN4O2. The SMILES string of the molecule is O=C(CN1CCN(CC(=O)N2CCCCC2)CC1)NCCc1ccc(Cl)cc1. The molecule has 0 aliphatic carbocycles. The lowest BCUT2D eigenvalue weighted by atomic mass is 10.1. The van der Waals surface area contributed by atoms with E-state index in [4.69, 9.17) is 11.6 Å². The first-order valence-corrected chi connectivity index (χ1v) is 10.7. The van der Waals surface area contributed by atoms with Crippen molar-refractivity contribution in [2.45, 2.75) is 25.7 Å². The fourth-order valence-electron chi connectivity index (χ4n) is 3.80. The first kappa shape index (κ1) is 21.1. The molecule has 2 amide bonds. The summed E-state index contributed by atoms with van der Waals surface area (Å²) < 4.78 is 0. The second-order valence-corrected chi connectivity index (χ2v) is 8.16. The second-order valence-electron chi connectivity index (χ2n) is 7.72. The van der Waals surface area contributed by atoms with E-state index in [1.165, 1.54) is 6.42 Å². The topological polar surface area (TPSA) is 55.9 Å². The zero-order valence-electron chi connectivity index (χ0n) is 16.5. The van der Waals surface area contributed by atoms with Crippen LogP contribution in [0.15, 0.2) is 24.3 Å². The van der Waals surface area contributed by atoms with Gasteiger partial charge in [-0.2, -0.15) is 0 Å². The first-order valence-electron chi connectivity index (χ1n) is 10.3. The number of halogens is 1. The van der Waals surface area contributed by atoms with E-state index in [1.54, 1.807) is 0 Å². The van der Waals surface area contributed by atoms with Gasteiger partial charge in [0.2, 0.25) is 11.8 Å². The van der Waals surface area contributed by atoms with Crippen molar-refractivity contribution in [1.82, 2.24) is 20.0 Å². The van der Waals surface area contributed by atoms with Crippen LogP contribution < -0.4 is 5.32 Å². The number of nitrogens with one attached hydrogen (secondary N) is 1. The smallest absolute Gasteiger partial charge is 0.236 e. The van der Waals surface area contributed by atoms with Crippen molar-refractivity contribution < 1.29 is 9.59 Å². The highest BCUT2D eigenvalue weighted by molar-refractivity contribution is 6.30. The quantitative estimate of drug-likeness (QED) is 0.747. The molecule has 1 aromatic carbocycles. The number of hydrogen-bond donors (Lipinski definition) is 1. The van der Waals surface area contributed by atoms with Crippen LogP contribution in [-0.2, 0) is 16.0 Å². The average molecular weight is 407 g/mol. The molecule has 0 spiro atoms. The van der Waals surface area contributed by atoms with Gasteiger partial charge in [-0.1, -0.05) is 23.7 Å². The molecule has 7 heteroatoms. The second kappa shape index (κ2) is 10.8. The van der Waals surface area contributed by atoms with E-state index in [0.29, 0.717) is 19.6 Å². The number of likely N-dealkylation sites (tertiary alicyclic amines) is 1. The molecule has 2 aliphatic rings. The maximum Gasteiger partial charge on any atom is 0.236 e. The van der Waals surface area contributed by atoms with E-state index in [0.717, 1.165) is 69.1 Å². The number of rotatable bonds is 7. The van der Waals surface area contributed by atoms with Crippen LogP contribution in [0.4, 0.5) is 0 Å². The molecule has 2 saturated heterocycles. The van der Waals surface area contributed by atoms with Crippen molar-refractivity contribution in [3.05, 3.63) is 34.9 Å². The Balaban J connectivity index is 1.29. The summed E-state index contributed by atoms with van der Waals surface area (Å²) in [5.74, 6) is 0.319. The predicted octanol–water partition coefficient (Wildman–Crippen LogP) is 1.63. The van der Waals surface area contributed by atoms with E-state index in [1.807, 2.05) is 29.2 Å². The molecule has 0 saturated carbocycles. The first-order chi connectivity index (χ1) is 13.6. The normalized spacial score (nSPS) is 18.8. The number of amides is 2. The Hall–Kier alpha value is -1.63. The molecule has 28 heavy (non-hydrogen) atoms. The molecule has 0 radical (unpaired) electrons. The Labute approximate surface area is 172 Å². The lowest BCUT2D eigenvalue weighted by Crippen LogP contribution is -2.52. The van der Waals surface area contributed by atoms with E-state index < -0.39 is 0 Å². The Bertz CT molecular complexity index is 638. The molecule has 2 heterocycles. The van der Waals surface area contributed by atoms with Crippen LogP contribution in [0.1, 0.15) is 24.8 Å². The van der Waals surface area contributed by atoms with Crippen LogP contribution >= 0.6 is 11.6 Å². The van der Waals surface area contributed by atoms with Crippen LogP contribution in [0, 0.1) is 0 Å². The summed E-state index contributed by atoms with van der Waals surface area (Å²) in [4.78, 5) is 30.9. The summed E-state index contributed by atoms with van der Waals surface area (Å²) in [6.45, 7) is 6.75. The highest BCUT2D eigenvalue weighted by Gasteiger charge is 2.23. The zero-order valence-corrected chi connectivity index (χ0v) is 17.3. The molecule has 2 fully saturated rings. The van der Waals surface area contributed by atoms with Gasteiger partial charge in [-0.15, -0.1) is 0 Å². The van der Waals surface area contributed by atoms with Gasteiger partial charge in [0.15, 0.2) is 0 Å². The summed E-state index contributed by atoms with van der Waals surface area (Å²) >= 11 is 5.88.